The lowest BCUT2D eigenvalue weighted by atomic mass is 9.84. The Balaban J connectivity index is 1.33. The van der Waals surface area contributed by atoms with Crippen molar-refractivity contribution in [3.05, 3.63) is 132 Å². The fourth-order valence-electron chi connectivity index (χ4n) is 5.90. The van der Waals surface area contributed by atoms with Crippen LogP contribution in [0.1, 0.15) is 47.2 Å². The van der Waals surface area contributed by atoms with Crippen LogP contribution in [0.15, 0.2) is 115 Å². The zero-order valence-corrected chi connectivity index (χ0v) is 24.5. The number of fused-ring (bicyclic) bond motifs is 3. The largest absolute Gasteiger partial charge is 0.497 e. The van der Waals surface area contributed by atoms with E-state index in [4.69, 9.17) is 24.3 Å². The summed E-state index contributed by atoms with van der Waals surface area (Å²) < 4.78 is 17.7. The predicted octanol–water partition coefficient (Wildman–Crippen LogP) is 5.68. The summed E-state index contributed by atoms with van der Waals surface area (Å²) in [5.74, 6) is 1.31. The smallest absolute Gasteiger partial charge is 0.266 e. The van der Waals surface area contributed by atoms with Crippen LogP contribution in [0.2, 0.25) is 0 Å². The molecule has 2 aliphatic rings. The highest BCUT2D eigenvalue weighted by molar-refractivity contribution is 6.01. The van der Waals surface area contributed by atoms with Crippen molar-refractivity contribution in [2.75, 3.05) is 20.3 Å². The van der Waals surface area contributed by atoms with Crippen molar-refractivity contribution in [3.8, 4) is 22.6 Å². The van der Waals surface area contributed by atoms with E-state index in [1.807, 2.05) is 72.8 Å². The number of ether oxygens (including phenoxy) is 3. The van der Waals surface area contributed by atoms with Gasteiger partial charge in [-0.25, -0.2) is 10.4 Å². The zero-order valence-electron chi connectivity index (χ0n) is 24.5. The lowest BCUT2D eigenvalue weighted by molar-refractivity contribution is -0.130. The summed E-state index contributed by atoms with van der Waals surface area (Å²) in [7, 11) is 1.60. The first-order valence-electron chi connectivity index (χ1n) is 14.7. The molecule has 3 N–H and O–H groups in total. The van der Waals surface area contributed by atoms with Crippen LogP contribution < -0.4 is 20.3 Å². The van der Waals surface area contributed by atoms with Gasteiger partial charge in [-0.2, -0.15) is 0 Å². The van der Waals surface area contributed by atoms with E-state index < -0.39 is 11.6 Å². The summed E-state index contributed by atoms with van der Waals surface area (Å²) in [6.07, 6.45) is 1.72. The first kappa shape index (κ1) is 29.2. The van der Waals surface area contributed by atoms with Gasteiger partial charge in [-0.3, -0.25) is 10.2 Å². The molecule has 8 heteroatoms. The maximum absolute atomic E-state index is 14.4. The standard InChI is InChI=1S/C36H35N3O5/c1-3-20-36(35(41)39-38-32-30-14-6-4-12-28(30)29-13-5-7-15-31(29)32)33(25-10-8-11-27(23-25)42-2)44-34(37-36)24-16-18-26(19-17-24)43-22-9-21-40/h3-8,10-19,23,32-33,38,40H,1,9,20-22H2,2H3,(H,39,41)/t33-,36-/m0/s1. The molecule has 1 aliphatic carbocycles. The van der Waals surface area contributed by atoms with E-state index >= 15 is 0 Å². The molecule has 0 fully saturated rings. The van der Waals surface area contributed by atoms with Gasteiger partial charge in [0, 0.05) is 25.0 Å². The minimum Gasteiger partial charge on any atom is -0.497 e. The third-order valence-corrected chi connectivity index (χ3v) is 8.05. The third-order valence-electron chi connectivity index (χ3n) is 8.05. The molecule has 4 aromatic rings. The maximum atomic E-state index is 14.4. The number of benzene rings is 4. The van der Waals surface area contributed by atoms with Gasteiger partial charge in [-0.05, 0) is 64.2 Å². The molecule has 0 unspecified atom stereocenters. The van der Waals surface area contributed by atoms with Gasteiger partial charge in [0.05, 0.1) is 19.8 Å². The second-order valence-corrected chi connectivity index (χ2v) is 10.8. The Hall–Kier alpha value is -4.92. The van der Waals surface area contributed by atoms with Gasteiger partial charge in [0.2, 0.25) is 5.90 Å². The summed E-state index contributed by atoms with van der Waals surface area (Å²) in [6.45, 7) is 4.45. The van der Waals surface area contributed by atoms with E-state index in [2.05, 4.69) is 41.7 Å². The summed E-state index contributed by atoms with van der Waals surface area (Å²) >= 11 is 0. The number of methoxy groups -OCH3 is 1. The third kappa shape index (κ3) is 5.45. The van der Waals surface area contributed by atoms with Crippen LogP contribution in [0.3, 0.4) is 0 Å². The fraction of sp³-hybridized carbons (Fsp3) is 0.222. The molecule has 6 rings (SSSR count). The Morgan fingerprint density at radius 3 is 2.34 bits per heavy atom. The van der Waals surface area contributed by atoms with Gasteiger partial charge in [-0.15, -0.1) is 6.58 Å². The second kappa shape index (κ2) is 12.8. The van der Waals surface area contributed by atoms with Crippen molar-refractivity contribution in [1.82, 2.24) is 10.9 Å². The molecule has 0 radical (unpaired) electrons. The average molecular weight is 590 g/mol. The monoisotopic (exact) mass is 589 g/mol. The van der Waals surface area contributed by atoms with Crippen LogP contribution in [0.4, 0.5) is 0 Å². The van der Waals surface area contributed by atoms with Crippen molar-refractivity contribution in [3.63, 3.8) is 0 Å². The predicted molar refractivity (Wildman–Crippen MR) is 170 cm³/mol. The normalized spacial score (nSPS) is 18.5. The summed E-state index contributed by atoms with van der Waals surface area (Å²) in [5.41, 5.74) is 10.9. The number of amides is 1. The Kier molecular flexibility index (Phi) is 8.45. The second-order valence-electron chi connectivity index (χ2n) is 10.8. The molecule has 0 bridgehead atoms. The minimum absolute atomic E-state index is 0.0659. The van der Waals surface area contributed by atoms with E-state index in [1.54, 1.807) is 13.2 Å². The molecular weight excluding hydrogens is 554 g/mol. The number of hydrogen-bond acceptors (Lipinski definition) is 7. The molecule has 0 saturated carbocycles. The molecular formula is C36H35N3O5. The highest BCUT2D eigenvalue weighted by atomic mass is 16.5. The zero-order chi connectivity index (χ0) is 30.5. The van der Waals surface area contributed by atoms with Gasteiger partial charge < -0.3 is 19.3 Å². The highest BCUT2D eigenvalue weighted by Crippen LogP contribution is 2.45. The number of carbonyl (C=O) groups excluding carboxylic acids is 1. The number of aliphatic hydroxyl groups is 1. The van der Waals surface area contributed by atoms with Crippen molar-refractivity contribution in [2.24, 2.45) is 4.99 Å². The molecule has 1 amide bonds. The van der Waals surface area contributed by atoms with Crippen molar-refractivity contribution in [1.29, 1.82) is 0 Å². The quantitative estimate of drug-likeness (QED) is 0.112. The number of nitrogens with one attached hydrogen (secondary N) is 2. The molecule has 4 aromatic carbocycles. The van der Waals surface area contributed by atoms with E-state index in [0.29, 0.717) is 36.0 Å². The Bertz CT molecular complexity index is 1640. The van der Waals surface area contributed by atoms with Gasteiger partial charge in [0.1, 0.15) is 11.5 Å². The van der Waals surface area contributed by atoms with Crippen LogP contribution in [0.25, 0.3) is 11.1 Å². The average Bonchev–Trinajstić information content (AvgIpc) is 3.61. The van der Waals surface area contributed by atoms with Crippen LogP contribution in [-0.4, -0.2) is 42.8 Å². The number of carbonyl (C=O) groups is 1. The van der Waals surface area contributed by atoms with Gasteiger partial charge in [0.15, 0.2) is 11.6 Å². The number of nitrogens with zero attached hydrogens (tertiary/aromatic N) is 1. The molecule has 0 aromatic heterocycles. The molecule has 2 atom stereocenters. The van der Waals surface area contributed by atoms with Gasteiger partial charge in [0.25, 0.3) is 5.91 Å². The summed E-state index contributed by atoms with van der Waals surface area (Å²) in [6, 6.07) is 31.0. The molecule has 0 saturated heterocycles. The number of hydrogen-bond donors (Lipinski definition) is 3. The topological polar surface area (TPSA) is 101 Å². The lowest BCUT2D eigenvalue weighted by Gasteiger charge is -2.30. The Morgan fingerprint density at radius 1 is 0.977 bits per heavy atom. The number of hydrazine groups is 1. The van der Waals surface area contributed by atoms with Crippen molar-refractivity contribution >= 4 is 11.8 Å². The SMILES string of the molecule is C=CC[C@]1(C(=O)NNC2c3ccccc3-c3ccccc32)N=C(c2ccc(OCCCO)cc2)O[C@H]1c1cccc(OC)c1. The molecule has 1 aliphatic heterocycles. The van der Waals surface area contributed by atoms with Gasteiger partial charge >= 0.3 is 0 Å². The molecule has 0 spiro atoms. The Morgan fingerprint density at radius 2 is 1.68 bits per heavy atom. The molecule has 8 nitrogen and oxygen atoms in total. The number of rotatable bonds is 12. The first-order valence-corrected chi connectivity index (χ1v) is 14.7. The summed E-state index contributed by atoms with van der Waals surface area (Å²) in [4.78, 5) is 19.4. The molecule has 1 heterocycles. The number of aliphatic hydroxyl groups excluding tert-OH is 1. The van der Waals surface area contributed by atoms with E-state index in [1.165, 1.54) is 0 Å². The Labute approximate surface area is 257 Å². The van der Waals surface area contributed by atoms with E-state index in [-0.39, 0.29) is 25.0 Å². The fourth-order valence-corrected chi connectivity index (χ4v) is 5.90. The molecule has 224 valence electrons. The van der Waals surface area contributed by atoms with Crippen LogP contribution in [-0.2, 0) is 9.53 Å². The van der Waals surface area contributed by atoms with E-state index in [9.17, 15) is 4.79 Å². The van der Waals surface area contributed by atoms with Crippen molar-refractivity contribution in [2.45, 2.75) is 30.5 Å². The minimum atomic E-state index is -1.36. The summed E-state index contributed by atoms with van der Waals surface area (Å²) in [5, 5.41) is 9.04. The van der Waals surface area contributed by atoms with Crippen LogP contribution >= 0.6 is 0 Å². The highest BCUT2D eigenvalue weighted by Gasteiger charge is 2.53. The maximum Gasteiger partial charge on any atom is 0.266 e. The number of aliphatic imine (C=N–C) groups is 1. The van der Waals surface area contributed by atoms with Crippen LogP contribution in [0, 0.1) is 0 Å². The lowest BCUT2D eigenvalue weighted by Crippen LogP contribution is -2.53. The molecule has 44 heavy (non-hydrogen) atoms. The van der Waals surface area contributed by atoms with Crippen LogP contribution in [0.5, 0.6) is 11.5 Å². The first-order chi connectivity index (χ1) is 21.6. The van der Waals surface area contributed by atoms with E-state index in [0.717, 1.165) is 27.8 Å². The van der Waals surface area contributed by atoms with Gasteiger partial charge in [-0.1, -0.05) is 66.7 Å². The van der Waals surface area contributed by atoms with Crippen molar-refractivity contribution < 1.29 is 24.1 Å².